The van der Waals surface area contributed by atoms with Gasteiger partial charge in [0.1, 0.15) is 6.33 Å². The van der Waals surface area contributed by atoms with E-state index >= 15 is 0 Å². The van der Waals surface area contributed by atoms with Crippen LogP contribution in [0.4, 0.5) is 5.95 Å². The zero-order valence-corrected chi connectivity index (χ0v) is 4.31. The molecule has 0 aliphatic rings. The van der Waals surface area contributed by atoms with Crippen molar-refractivity contribution in [3.63, 3.8) is 0 Å². The van der Waals surface area contributed by atoms with Crippen LogP contribution in [0.15, 0.2) is 6.33 Å². The number of nitrogens with zero attached hydrogens (tertiary/aromatic N) is 3. The van der Waals surface area contributed by atoms with Gasteiger partial charge in [-0.1, -0.05) is 0 Å². The van der Waals surface area contributed by atoms with Gasteiger partial charge in [-0.15, -0.1) is 0 Å². The number of nitrogens with one attached hydrogen (secondary N) is 2. The molecular formula is C2H5N5O2. The van der Waals surface area contributed by atoms with Gasteiger partial charge in [-0.2, -0.15) is 10.1 Å². The lowest BCUT2D eigenvalue weighted by molar-refractivity contribution is -0.288. The third-order valence-electron chi connectivity index (χ3n) is 0.621. The monoisotopic (exact) mass is 131 g/mol. The van der Waals surface area contributed by atoms with Gasteiger partial charge in [0.05, 0.1) is 0 Å². The summed E-state index contributed by atoms with van der Waals surface area (Å²) in [5.74, 6) is 0.153. The topological polar surface area (TPSA) is 97.3 Å². The summed E-state index contributed by atoms with van der Waals surface area (Å²) in [5.41, 5.74) is 2.00. The second kappa shape index (κ2) is 2.40. The Bertz CT molecular complexity index is 159. The third-order valence-corrected chi connectivity index (χ3v) is 0.621. The number of hydrogen-bond acceptors (Lipinski definition) is 6. The van der Waals surface area contributed by atoms with Gasteiger partial charge in [0.15, 0.2) is 0 Å². The molecule has 0 saturated carbocycles. The van der Waals surface area contributed by atoms with Crippen molar-refractivity contribution < 1.29 is 10.4 Å². The molecule has 1 aromatic heterocycles. The Morgan fingerprint density at radius 1 is 1.67 bits per heavy atom. The van der Waals surface area contributed by atoms with Crippen LogP contribution in [0.1, 0.15) is 0 Å². The normalized spacial score (nSPS) is 10.1. The van der Waals surface area contributed by atoms with Gasteiger partial charge in [-0.3, -0.25) is 10.4 Å². The van der Waals surface area contributed by atoms with Gasteiger partial charge < -0.3 is 0 Å². The molecule has 0 radical (unpaired) electrons. The lowest BCUT2D eigenvalue weighted by Gasteiger charge is -2.03. The number of aromatic nitrogens is 3. The highest BCUT2D eigenvalue weighted by Crippen LogP contribution is 1.90. The summed E-state index contributed by atoms with van der Waals surface area (Å²) >= 11 is 0. The molecule has 0 saturated heterocycles. The summed E-state index contributed by atoms with van der Waals surface area (Å²) in [4.78, 5) is 3.52. The van der Waals surface area contributed by atoms with E-state index in [2.05, 4.69) is 15.2 Å². The maximum absolute atomic E-state index is 8.11. The summed E-state index contributed by atoms with van der Waals surface area (Å²) in [6.45, 7) is 0. The van der Waals surface area contributed by atoms with Crippen molar-refractivity contribution in [3.05, 3.63) is 6.33 Å². The van der Waals surface area contributed by atoms with Crippen LogP contribution in [0.3, 0.4) is 0 Å². The number of anilines is 1. The first-order valence-corrected chi connectivity index (χ1v) is 2.09. The van der Waals surface area contributed by atoms with E-state index in [9.17, 15) is 0 Å². The first-order chi connectivity index (χ1) is 4.29. The lowest BCUT2D eigenvalue weighted by atomic mass is 11.1. The lowest BCUT2D eigenvalue weighted by Crippen LogP contribution is -2.21. The van der Waals surface area contributed by atoms with E-state index < -0.39 is 0 Å². The molecular weight excluding hydrogens is 126 g/mol. The molecule has 1 heterocycles. The van der Waals surface area contributed by atoms with Crippen molar-refractivity contribution in [1.82, 2.24) is 20.5 Å². The number of H-pyrrole nitrogens is 1. The van der Waals surface area contributed by atoms with Crippen molar-refractivity contribution >= 4 is 5.95 Å². The number of hydrogen-bond donors (Lipinski definition) is 4. The highest BCUT2D eigenvalue weighted by atomic mass is 16.8. The van der Waals surface area contributed by atoms with Gasteiger partial charge >= 0.3 is 0 Å². The average Bonchev–Trinajstić information content (AvgIpc) is 2.15. The number of rotatable bonds is 2. The van der Waals surface area contributed by atoms with E-state index in [1.54, 1.807) is 0 Å². The number of aromatic amines is 1. The van der Waals surface area contributed by atoms with E-state index in [1.807, 2.05) is 5.43 Å². The molecule has 0 atom stereocenters. The van der Waals surface area contributed by atoms with Crippen LogP contribution in [0, 0.1) is 0 Å². The Morgan fingerprint density at radius 2 is 2.44 bits per heavy atom. The minimum absolute atomic E-state index is 0.153. The van der Waals surface area contributed by atoms with E-state index in [1.165, 1.54) is 6.33 Å². The molecule has 4 N–H and O–H groups in total. The van der Waals surface area contributed by atoms with Gasteiger partial charge in [-0.25, -0.2) is 10.5 Å². The van der Waals surface area contributed by atoms with Crippen LogP contribution < -0.4 is 5.43 Å². The maximum Gasteiger partial charge on any atom is 0.236 e. The van der Waals surface area contributed by atoms with Crippen molar-refractivity contribution in [1.29, 1.82) is 0 Å². The average molecular weight is 131 g/mol. The largest absolute Gasteiger partial charge is 0.271 e. The zero-order chi connectivity index (χ0) is 6.69. The van der Waals surface area contributed by atoms with Gasteiger partial charge in [0.25, 0.3) is 0 Å². The van der Waals surface area contributed by atoms with Crippen LogP contribution in [-0.2, 0) is 0 Å². The van der Waals surface area contributed by atoms with Crippen LogP contribution in [0.25, 0.3) is 0 Å². The molecule has 50 valence electrons. The minimum Gasteiger partial charge on any atom is -0.271 e. The molecule has 1 aromatic rings. The van der Waals surface area contributed by atoms with Crippen molar-refractivity contribution in [2.24, 2.45) is 0 Å². The minimum atomic E-state index is -0.222. The Kier molecular flexibility index (Phi) is 1.58. The Labute approximate surface area is 49.8 Å². The predicted molar refractivity (Wildman–Crippen MR) is 25.4 cm³/mol. The van der Waals surface area contributed by atoms with Crippen LogP contribution in [0.5, 0.6) is 0 Å². The highest BCUT2D eigenvalue weighted by molar-refractivity contribution is 5.16. The molecule has 0 spiro atoms. The molecule has 0 aromatic carbocycles. The van der Waals surface area contributed by atoms with E-state index in [-0.39, 0.29) is 11.3 Å². The summed E-state index contributed by atoms with van der Waals surface area (Å²) in [6, 6.07) is 0. The molecule has 0 aliphatic heterocycles. The summed E-state index contributed by atoms with van der Waals surface area (Å²) in [7, 11) is 0. The van der Waals surface area contributed by atoms with E-state index in [4.69, 9.17) is 10.4 Å². The Balaban J connectivity index is 2.48. The van der Waals surface area contributed by atoms with Crippen molar-refractivity contribution in [3.8, 4) is 0 Å². The number of hydrazine groups is 1. The van der Waals surface area contributed by atoms with Crippen molar-refractivity contribution in [2.45, 2.75) is 0 Å². The molecule has 7 heteroatoms. The molecule has 0 amide bonds. The summed E-state index contributed by atoms with van der Waals surface area (Å²) in [5, 5.41) is 21.8. The highest BCUT2D eigenvalue weighted by Gasteiger charge is 1.94. The SMILES string of the molecule is ON(O)Nc1ncn[nH]1. The summed E-state index contributed by atoms with van der Waals surface area (Å²) in [6.07, 6.45) is 1.23. The second-order valence-corrected chi connectivity index (χ2v) is 1.24. The van der Waals surface area contributed by atoms with Gasteiger partial charge in [0, 0.05) is 5.34 Å². The van der Waals surface area contributed by atoms with Crippen LogP contribution in [0.2, 0.25) is 0 Å². The smallest absolute Gasteiger partial charge is 0.236 e. The Morgan fingerprint density at radius 3 is 2.89 bits per heavy atom. The molecule has 7 nitrogen and oxygen atoms in total. The maximum atomic E-state index is 8.11. The molecule has 0 aliphatic carbocycles. The first kappa shape index (κ1) is 5.95. The van der Waals surface area contributed by atoms with E-state index in [0.717, 1.165) is 0 Å². The first-order valence-electron chi connectivity index (χ1n) is 2.09. The van der Waals surface area contributed by atoms with Crippen LogP contribution >= 0.6 is 0 Å². The zero-order valence-electron chi connectivity index (χ0n) is 4.31. The Hall–Kier alpha value is -1.18. The van der Waals surface area contributed by atoms with E-state index in [0.29, 0.717) is 0 Å². The fourth-order valence-electron chi connectivity index (χ4n) is 0.354. The predicted octanol–water partition coefficient (Wildman–Crippen LogP) is -0.788. The quantitative estimate of drug-likeness (QED) is 0.393. The molecule has 1 rings (SSSR count). The fourth-order valence-corrected chi connectivity index (χ4v) is 0.354. The molecule has 9 heavy (non-hydrogen) atoms. The third kappa shape index (κ3) is 1.64. The van der Waals surface area contributed by atoms with Gasteiger partial charge in [0.2, 0.25) is 5.95 Å². The molecule has 0 fully saturated rings. The summed E-state index contributed by atoms with van der Waals surface area (Å²) < 4.78 is 0. The molecule has 0 unspecified atom stereocenters. The van der Waals surface area contributed by atoms with Crippen molar-refractivity contribution in [2.75, 3.05) is 5.43 Å². The van der Waals surface area contributed by atoms with Crippen LogP contribution in [-0.4, -0.2) is 30.9 Å². The van der Waals surface area contributed by atoms with Gasteiger partial charge in [-0.05, 0) is 0 Å². The molecule has 0 bridgehead atoms. The standard InChI is InChI=1S/C2H5N5O2/c8-7(9)6-2-3-1-4-5-2/h1,8-9H,(H2,3,4,5,6). The fraction of sp³-hybridized carbons (Fsp3) is 0. The second-order valence-electron chi connectivity index (χ2n) is 1.24.